The second kappa shape index (κ2) is 7.85. The molecular formula is C21H13F3N6O2S. The molecule has 3 aromatic heterocycles. The van der Waals surface area contributed by atoms with Crippen LogP contribution >= 0.6 is 0 Å². The van der Waals surface area contributed by atoms with Gasteiger partial charge in [-0.05, 0) is 43.3 Å². The van der Waals surface area contributed by atoms with Crippen molar-refractivity contribution < 1.29 is 21.6 Å². The molecule has 12 heteroatoms. The average molecular weight is 470 g/mol. The number of nitrogens with zero attached hydrogens (tertiary/aromatic N) is 5. The number of sulfonamides is 1. The van der Waals surface area contributed by atoms with Crippen molar-refractivity contribution in [2.45, 2.75) is 24.0 Å². The zero-order valence-electron chi connectivity index (χ0n) is 16.8. The van der Waals surface area contributed by atoms with E-state index in [9.17, 15) is 32.1 Å². The van der Waals surface area contributed by atoms with Gasteiger partial charge in [0.15, 0.2) is 0 Å². The maximum atomic E-state index is 12.8. The maximum Gasteiger partial charge on any atom is 0.404 e. The van der Waals surface area contributed by atoms with Crippen LogP contribution in [0.25, 0.3) is 28.1 Å². The fourth-order valence-electron chi connectivity index (χ4n) is 3.21. The minimum atomic E-state index is -4.75. The third kappa shape index (κ3) is 3.86. The Kier molecular flexibility index (Phi) is 5.28. The van der Waals surface area contributed by atoms with Crippen LogP contribution < -0.4 is 4.72 Å². The molecule has 0 bridgehead atoms. The van der Waals surface area contributed by atoms with Gasteiger partial charge in [-0.1, -0.05) is 6.08 Å². The van der Waals surface area contributed by atoms with Gasteiger partial charge in [0.1, 0.15) is 34.4 Å². The van der Waals surface area contributed by atoms with E-state index in [2.05, 4.69) is 16.0 Å². The van der Waals surface area contributed by atoms with Crippen LogP contribution in [0.1, 0.15) is 18.2 Å². The van der Waals surface area contributed by atoms with Crippen molar-refractivity contribution in [3.05, 3.63) is 59.9 Å². The van der Waals surface area contributed by atoms with Crippen molar-refractivity contribution >= 4 is 26.8 Å². The molecule has 1 aliphatic rings. The SMILES string of the molecule is C[C@H](NS(=O)(=O)c1ccc(-c2c(C#N)c3ccc(C#N)nc3n2C2=CC=C2)nc1)C(F)(F)F. The summed E-state index contributed by atoms with van der Waals surface area (Å²) < 4.78 is 66.2. The van der Waals surface area contributed by atoms with Crippen molar-refractivity contribution in [3.8, 4) is 23.5 Å². The first-order valence-corrected chi connectivity index (χ1v) is 10.8. The number of fused-ring (bicyclic) bond motifs is 1. The van der Waals surface area contributed by atoms with Crippen molar-refractivity contribution in [1.82, 2.24) is 19.3 Å². The standard InChI is InChI=1S/C21H13F3N6O2S/c1-12(21(22,23)24)29-33(31,32)15-6-8-18(27-11-15)19-17(10-26)16-7-5-13(9-25)28-20(16)30(19)14-3-2-4-14/h2-8,11-12,29H,1H3/t12-/m0/s1. The van der Waals surface area contributed by atoms with Gasteiger partial charge in [-0.15, -0.1) is 0 Å². The lowest BCUT2D eigenvalue weighted by atomic mass is 10.1. The van der Waals surface area contributed by atoms with Gasteiger partial charge in [0.25, 0.3) is 0 Å². The first-order chi connectivity index (χ1) is 15.6. The van der Waals surface area contributed by atoms with Crippen LogP contribution in [0, 0.1) is 22.7 Å². The van der Waals surface area contributed by atoms with Crippen LogP contribution in [-0.4, -0.2) is 35.2 Å². The highest BCUT2D eigenvalue weighted by atomic mass is 32.2. The van der Waals surface area contributed by atoms with E-state index in [1.807, 2.05) is 6.07 Å². The second-order valence-electron chi connectivity index (χ2n) is 7.06. The lowest BCUT2D eigenvalue weighted by Gasteiger charge is -2.17. The zero-order valence-corrected chi connectivity index (χ0v) is 17.6. The monoisotopic (exact) mass is 470 g/mol. The number of hydrogen-bond acceptors (Lipinski definition) is 6. The molecule has 0 amide bonds. The van der Waals surface area contributed by atoms with E-state index in [1.165, 1.54) is 12.1 Å². The van der Waals surface area contributed by atoms with Gasteiger partial charge >= 0.3 is 6.18 Å². The molecule has 0 aliphatic heterocycles. The molecule has 0 aromatic carbocycles. The summed E-state index contributed by atoms with van der Waals surface area (Å²) in [4.78, 5) is 7.95. The van der Waals surface area contributed by atoms with E-state index in [1.54, 1.807) is 33.6 Å². The molecule has 166 valence electrons. The van der Waals surface area contributed by atoms with E-state index in [0.29, 0.717) is 29.3 Å². The van der Waals surface area contributed by atoms with Crippen LogP contribution in [-0.2, 0) is 10.0 Å². The number of nitrogens with one attached hydrogen (secondary N) is 1. The minimum absolute atomic E-state index is 0.139. The highest BCUT2D eigenvalue weighted by Crippen LogP contribution is 2.36. The quantitative estimate of drug-likeness (QED) is 0.609. The molecule has 1 atom stereocenters. The molecule has 0 unspecified atom stereocenters. The highest BCUT2D eigenvalue weighted by Gasteiger charge is 2.39. The number of allylic oxidation sites excluding steroid dienone is 4. The Balaban J connectivity index is 1.84. The molecular weight excluding hydrogens is 457 g/mol. The summed E-state index contributed by atoms with van der Waals surface area (Å²) in [5.41, 5.74) is 1.86. The minimum Gasteiger partial charge on any atom is -0.291 e. The molecule has 3 heterocycles. The van der Waals surface area contributed by atoms with Gasteiger partial charge in [-0.2, -0.15) is 28.4 Å². The van der Waals surface area contributed by atoms with Gasteiger partial charge in [-0.25, -0.2) is 13.4 Å². The van der Waals surface area contributed by atoms with Crippen LogP contribution in [0.5, 0.6) is 0 Å². The molecule has 8 nitrogen and oxygen atoms in total. The molecule has 4 rings (SSSR count). The molecule has 33 heavy (non-hydrogen) atoms. The Bertz CT molecular complexity index is 1520. The second-order valence-corrected chi connectivity index (χ2v) is 8.78. The molecule has 0 radical (unpaired) electrons. The fourth-order valence-corrected chi connectivity index (χ4v) is 4.38. The van der Waals surface area contributed by atoms with E-state index in [4.69, 9.17) is 0 Å². The van der Waals surface area contributed by atoms with E-state index >= 15 is 0 Å². The number of aromatic nitrogens is 3. The number of pyridine rings is 2. The largest absolute Gasteiger partial charge is 0.404 e. The summed E-state index contributed by atoms with van der Waals surface area (Å²) in [6.07, 6.45) is 1.45. The van der Waals surface area contributed by atoms with Gasteiger partial charge in [-0.3, -0.25) is 9.55 Å². The molecule has 0 fully saturated rings. The summed E-state index contributed by atoms with van der Waals surface area (Å²) in [5.74, 6) is 0. The topological polar surface area (TPSA) is 124 Å². The predicted octanol–water partition coefficient (Wildman–Crippen LogP) is 3.48. The summed E-state index contributed by atoms with van der Waals surface area (Å²) >= 11 is 0. The third-order valence-corrected chi connectivity index (χ3v) is 6.47. The fraction of sp³-hybridized carbons (Fsp3) is 0.143. The van der Waals surface area contributed by atoms with Crippen LogP contribution in [0.3, 0.4) is 0 Å². The van der Waals surface area contributed by atoms with Gasteiger partial charge < -0.3 is 0 Å². The number of rotatable bonds is 5. The van der Waals surface area contributed by atoms with Crippen molar-refractivity contribution in [2.75, 3.05) is 0 Å². The summed E-state index contributed by atoms with van der Waals surface area (Å²) in [5, 5.41) is 19.5. The highest BCUT2D eigenvalue weighted by molar-refractivity contribution is 7.89. The van der Waals surface area contributed by atoms with E-state index < -0.39 is 27.1 Å². The maximum absolute atomic E-state index is 12.8. The summed E-state index contributed by atoms with van der Waals surface area (Å²) in [7, 11) is -4.49. The lowest BCUT2D eigenvalue weighted by Crippen LogP contribution is -2.42. The first kappa shape index (κ1) is 22.2. The van der Waals surface area contributed by atoms with E-state index in [0.717, 1.165) is 12.3 Å². The number of alkyl halides is 3. The van der Waals surface area contributed by atoms with Crippen molar-refractivity contribution in [1.29, 1.82) is 10.5 Å². The molecule has 1 N–H and O–H groups in total. The number of hydrogen-bond donors (Lipinski definition) is 1. The Labute approximate surface area is 186 Å². The molecule has 0 spiro atoms. The average Bonchev–Trinajstić information content (AvgIpc) is 3.04. The molecule has 3 aromatic rings. The van der Waals surface area contributed by atoms with Crippen molar-refractivity contribution in [3.63, 3.8) is 0 Å². The number of halogens is 3. The third-order valence-electron chi connectivity index (χ3n) is 4.95. The molecule has 0 saturated heterocycles. The van der Waals surface area contributed by atoms with E-state index in [-0.39, 0.29) is 17.0 Å². The van der Waals surface area contributed by atoms with Gasteiger partial charge in [0.05, 0.1) is 17.0 Å². The number of nitriles is 2. The predicted molar refractivity (Wildman–Crippen MR) is 112 cm³/mol. The van der Waals surface area contributed by atoms with Crippen LogP contribution in [0.4, 0.5) is 13.2 Å². The van der Waals surface area contributed by atoms with Gasteiger partial charge in [0.2, 0.25) is 10.0 Å². The van der Waals surface area contributed by atoms with Crippen LogP contribution in [0.15, 0.2) is 53.6 Å². The Morgan fingerprint density at radius 3 is 2.39 bits per heavy atom. The Hall–Kier alpha value is -4.00. The zero-order chi connectivity index (χ0) is 24.0. The normalized spacial score (nSPS) is 14.3. The smallest absolute Gasteiger partial charge is 0.291 e. The summed E-state index contributed by atoms with van der Waals surface area (Å²) in [6, 6.07) is 7.22. The summed E-state index contributed by atoms with van der Waals surface area (Å²) in [6.45, 7) is 0.694. The lowest BCUT2D eigenvalue weighted by molar-refractivity contribution is -0.147. The van der Waals surface area contributed by atoms with Crippen molar-refractivity contribution in [2.24, 2.45) is 0 Å². The Morgan fingerprint density at radius 1 is 1.15 bits per heavy atom. The Morgan fingerprint density at radius 2 is 1.88 bits per heavy atom. The molecule has 1 aliphatic carbocycles. The first-order valence-electron chi connectivity index (χ1n) is 9.36. The molecule has 0 saturated carbocycles. The van der Waals surface area contributed by atoms with Crippen LogP contribution in [0.2, 0.25) is 0 Å². The van der Waals surface area contributed by atoms with Gasteiger partial charge in [0, 0.05) is 17.3 Å².